The highest BCUT2D eigenvalue weighted by atomic mass is 19.4. The summed E-state index contributed by atoms with van der Waals surface area (Å²) in [5.41, 5.74) is -3.06. The van der Waals surface area contributed by atoms with E-state index in [1.54, 1.807) is 45.0 Å². The molecule has 0 radical (unpaired) electrons. The number of carbonyl (C=O) groups excluding carboxylic acids is 1. The van der Waals surface area contributed by atoms with E-state index in [9.17, 15) is 27.6 Å². The fourth-order valence-electron chi connectivity index (χ4n) is 3.99. The first-order valence-electron chi connectivity index (χ1n) is 12.0. The molecule has 2 heterocycles. The van der Waals surface area contributed by atoms with Crippen LogP contribution in [-0.4, -0.2) is 30.5 Å². The SMILES string of the molecule is CC(C(=O)OC(C)(C)C)n1c(=O)c(-c2ccnn2-c2ccc(C#N)cc2)cn(-c2cccc(C(F)(F)F)c2)c1=O. The Balaban J connectivity index is 1.99. The van der Waals surface area contributed by atoms with Crippen molar-refractivity contribution in [2.24, 2.45) is 0 Å². The second kappa shape index (κ2) is 10.3. The largest absolute Gasteiger partial charge is 0.458 e. The van der Waals surface area contributed by atoms with Crippen LogP contribution in [0.5, 0.6) is 0 Å². The highest BCUT2D eigenvalue weighted by molar-refractivity contribution is 5.74. The predicted octanol–water partition coefficient (Wildman–Crippen LogP) is 4.65. The number of hydrogen-bond donors (Lipinski definition) is 0. The molecule has 0 N–H and O–H groups in total. The van der Waals surface area contributed by atoms with Gasteiger partial charge in [-0.15, -0.1) is 0 Å². The number of nitriles is 1. The minimum absolute atomic E-state index is 0.116. The Morgan fingerprint density at radius 2 is 1.70 bits per heavy atom. The fraction of sp³-hybridized carbons (Fsp3) is 0.250. The first-order valence-corrected chi connectivity index (χ1v) is 12.0. The Bertz CT molecular complexity index is 1740. The lowest BCUT2D eigenvalue weighted by atomic mass is 10.1. The summed E-state index contributed by atoms with van der Waals surface area (Å²) < 4.78 is 48.7. The average Bonchev–Trinajstić information content (AvgIpc) is 3.37. The zero-order valence-corrected chi connectivity index (χ0v) is 21.9. The molecule has 1 unspecified atom stereocenters. The normalized spacial score (nSPS) is 12.6. The van der Waals surface area contributed by atoms with Gasteiger partial charge >= 0.3 is 17.8 Å². The highest BCUT2D eigenvalue weighted by Gasteiger charge is 2.32. The maximum Gasteiger partial charge on any atom is 0.416 e. The van der Waals surface area contributed by atoms with Crippen LogP contribution in [-0.2, 0) is 15.7 Å². The Hall–Kier alpha value is -4.92. The van der Waals surface area contributed by atoms with E-state index >= 15 is 0 Å². The maximum absolute atomic E-state index is 13.8. The van der Waals surface area contributed by atoms with Gasteiger partial charge in [0.2, 0.25) is 0 Å². The standard InChI is InChI=1S/C28H24F3N5O4/c1-17(25(38)40-27(2,3)4)35-24(37)22(23-12-13-33-36(23)20-10-8-18(15-32)9-11-20)16-34(26(35)39)21-7-5-6-19(14-21)28(29,30)31/h5-14,16-17H,1-4H3. The van der Waals surface area contributed by atoms with Crippen molar-refractivity contribution >= 4 is 5.97 Å². The molecule has 4 aromatic rings. The molecule has 1 atom stereocenters. The van der Waals surface area contributed by atoms with Crippen LogP contribution in [0.3, 0.4) is 0 Å². The van der Waals surface area contributed by atoms with Crippen LogP contribution >= 0.6 is 0 Å². The van der Waals surface area contributed by atoms with Crippen molar-refractivity contribution in [2.45, 2.75) is 45.5 Å². The van der Waals surface area contributed by atoms with Gasteiger partial charge in [0.1, 0.15) is 11.6 Å². The molecule has 2 aromatic heterocycles. The minimum atomic E-state index is -4.69. The average molecular weight is 552 g/mol. The molecule has 0 aliphatic rings. The highest BCUT2D eigenvalue weighted by Crippen LogP contribution is 2.30. The summed E-state index contributed by atoms with van der Waals surface area (Å²) in [6, 6.07) is 12.4. The molecule has 0 bridgehead atoms. The smallest absolute Gasteiger partial charge is 0.416 e. The molecule has 0 saturated heterocycles. The number of carbonyl (C=O) groups is 1. The molecule has 0 fully saturated rings. The van der Waals surface area contributed by atoms with E-state index < -0.39 is 40.6 Å². The number of benzene rings is 2. The Morgan fingerprint density at radius 3 is 2.30 bits per heavy atom. The van der Waals surface area contributed by atoms with Crippen molar-refractivity contribution in [1.29, 1.82) is 5.26 Å². The third kappa shape index (κ3) is 5.58. The van der Waals surface area contributed by atoms with Crippen molar-refractivity contribution in [3.63, 3.8) is 0 Å². The van der Waals surface area contributed by atoms with Gasteiger partial charge in [0, 0.05) is 6.20 Å². The van der Waals surface area contributed by atoms with Crippen LogP contribution in [0.25, 0.3) is 22.6 Å². The number of nitrogens with zero attached hydrogens (tertiary/aromatic N) is 5. The van der Waals surface area contributed by atoms with Gasteiger partial charge in [0.25, 0.3) is 5.56 Å². The number of ether oxygens (including phenoxy) is 1. The maximum atomic E-state index is 13.8. The van der Waals surface area contributed by atoms with Gasteiger partial charge in [-0.2, -0.15) is 23.5 Å². The third-order valence-corrected chi connectivity index (χ3v) is 5.87. The number of rotatable bonds is 5. The predicted molar refractivity (Wildman–Crippen MR) is 139 cm³/mol. The monoisotopic (exact) mass is 551 g/mol. The molecule has 40 heavy (non-hydrogen) atoms. The van der Waals surface area contributed by atoms with Crippen molar-refractivity contribution in [1.82, 2.24) is 18.9 Å². The van der Waals surface area contributed by atoms with E-state index in [4.69, 9.17) is 10.00 Å². The van der Waals surface area contributed by atoms with E-state index in [1.807, 2.05) is 6.07 Å². The molecule has 0 aliphatic heterocycles. The van der Waals surface area contributed by atoms with Gasteiger partial charge in [-0.05, 0) is 76.2 Å². The quantitative estimate of drug-likeness (QED) is 0.334. The minimum Gasteiger partial charge on any atom is -0.458 e. The summed E-state index contributed by atoms with van der Waals surface area (Å²) in [4.78, 5) is 40.3. The summed E-state index contributed by atoms with van der Waals surface area (Å²) in [6.45, 7) is 6.16. The number of aromatic nitrogens is 4. The topological polar surface area (TPSA) is 112 Å². The number of halogens is 3. The van der Waals surface area contributed by atoms with E-state index in [0.717, 1.165) is 29.0 Å². The summed E-state index contributed by atoms with van der Waals surface area (Å²) in [5.74, 6) is -0.875. The molecular formula is C28H24F3N5O4. The summed E-state index contributed by atoms with van der Waals surface area (Å²) in [6.07, 6.45) is -2.17. The van der Waals surface area contributed by atoms with Gasteiger partial charge in [0.15, 0.2) is 0 Å². The summed E-state index contributed by atoms with van der Waals surface area (Å²) >= 11 is 0. The summed E-state index contributed by atoms with van der Waals surface area (Å²) in [5, 5.41) is 13.4. The lowest BCUT2D eigenvalue weighted by Crippen LogP contribution is -2.45. The van der Waals surface area contributed by atoms with E-state index in [0.29, 0.717) is 15.8 Å². The second-order valence-corrected chi connectivity index (χ2v) is 9.91. The Labute approximate surface area is 226 Å². The van der Waals surface area contributed by atoms with Gasteiger partial charge in [0.05, 0.1) is 46.0 Å². The lowest BCUT2D eigenvalue weighted by Gasteiger charge is -2.23. The third-order valence-electron chi connectivity index (χ3n) is 5.87. The van der Waals surface area contributed by atoms with E-state index in [1.165, 1.54) is 29.9 Å². The lowest BCUT2D eigenvalue weighted by molar-refractivity contribution is -0.158. The van der Waals surface area contributed by atoms with Crippen LogP contribution in [0.1, 0.15) is 44.9 Å². The van der Waals surface area contributed by atoms with Crippen LogP contribution in [0, 0.1) is 11.3 Å². The van der Waals surface area contributed by atoms with Crippen molar-refractivity contribution in [2.75, 3.05) is 0 Å². The van der Waals surface area contributed by atoms with Crippen LogP contribution < -0.4 is 11.2 Å². The van der Waals surface area contributed by atoms with E-state index in [-0.39, 0.29) is 16.9 Å². The Morgan fingerprint density at radius 1 is 1.02 bits per heavy atom. The van der Waals surface area contributed by atoms with Crippen molar-refractivity contribution in [3.05, 3.63) is 99.0 Å². The number of hydrogen-bond acceptors (Lipinski definition) is 6. The molecular weight excluding hydrogens is 527 g/mol. The van der Waals surface area contributed by atoms with Gasteiger partial charge in [-0.3, -0.25) is 9.36 Å². The zero-order valence-electron chi connectivity index (χ0n) is 21.9. The van der Waals surface area contributed by atoms with Gasteiger partial charge < -0.3 is 4.74 Å². The Kier molecular flexibility index (Phi) is 7.26. The van der Waals surface area contributed by atoms with Gasteiger partial charge in [-0.25, -0.2) is 18.8 Å². The number of alkyl halides is 3. The molecule has 9 nitrogen and oxygen atoms in total. The molecule has 12 heteroatoms. The molecule has 206 valence electrons. The fourth-order valence-corrected chi connectivity index (χ4v) is 3.99. The first kappa shape index (κ1) is 28.1. The van der Waals surface area contributed by atoms with Crippen LogP contribution in [0.4, 0.5) is 13.2 Å². The first-order chi connectivity index (χ1) is 18.7. The molecule has 0 spiro atoms. The van der Waals surface area contributed by atoms with Crippen LogP contribution in [0.15, 0.2) is 76.6 Å². The molecule has 0 amide bonds. The number of esters is 1. The molecule has 2 aromatic carbocycles. The molecule has 0 saturated carbocycles. The zero-order chi connectivity index (χ0) is 29.4. The molecule has 4 rings (SSSR count). The van der Waals surface area contributed by atoms with Crippen LogP contribution in [0.2, 0.25) is 0 Å². The molecule has 0 aliphatic carbocycles. The van der Waals surface area contributed by atoms with E-state index in [2.05, 4.69) is 5.10 Å². The van der Waals surface area contributed by atoms with Crippen molar-refractivity contribution in [3.8, 4) is 28.7 Å². The van der Waals surface area contributed by atoms with Crippen molar-refractivity contribution < 1.29 is 22.7 Å². The second-order valence-electron chi connectivity index (χ2n) is 9.91. The summed E-state index contributed by atoms with van der Waals surface area (Å²) in [7, 11) is 0. The van der Waals surface area contributed by atoms with Gasteiger partial charge in [-0.1, -0.05) is 6.07 Å².